The molecule has 0 aliphatic heterocycles. The van der Waals surface area contributed by atoms with Crippen molar-refractivity contribution in [1.29, 1.82) is 0 Å². The van der Waals surface area contributed by atoms with Crippen molar-refractivity contribution in [3.63, 3.8) is 0 Å². The minimum absolute atomic E-state index is 0.245. The van der Waals surface area contributed by atoms with Gasteiger partial charge >= 0.3 is 0 Å². The van der Waals surface area contributed by atoms with Gasteiger partial charge in [0.15, 0.2) is 6.29 Å². The molecule has 0 radical (unpaired) electrons. The highest BCUT2D eigenvalue weighted by molar-refractivity contribution is 14.1. The lowest BCUT2D eigenvalue weighted by atomic mass is 10.1. The number of alkyl halides is 4. The molecule has 1 unspecified atom stereocenters. The van der Waals surface area contributed by atoms with Gasteiger partial charge in [-0.15, -0.1) is 0 Å². The summed E-state index contributed by atoms with van der Waals surface area (Å²) in [5, 5.41) is 26.1. The molecule has 1 atom stereocenters. The van der Waals surface area contributed by atoms with E-state index in [1.807, 2.05) is 13.2 Å². The molecule has 214 valence electrons. The number of carbonyl (C=O) groups excluding carboxylic acids is 1. The van der Waals surface area contributed by atoms with Crippen molar-refractivity contribution >= 4 is 60.7 Å². The summed E-state index contributed by atoms with van der Waals surface area (Å²) in [7, 11) is 6.77. The van der Waals surface area contributed by atoms with E-state index in [1.54, 1.807) is 36.7 Å². The molecule has 0 saturated heterocycles. The van der Waals surface area contributed by atoms with E-state index < -0.39 is 31.8 Å². The van der Waals surface area contributed by atoms with E-state index in [4.69, 9.17) is 0 Å². The molecule has 39 heavy (non-hydrogen) atoms. The smallest absolute Gasteiger partial charge is 0.244 e. The Hall–Kier alpha value is -2.12. The van der Waals surface area contributed by atoms with E-state index in [0.29, 0.717) is 27.8 Å². The van der Waals surface area contributed by atoms with E-state index >= 15 is 0 Å². The van der Waals surface area contributed by atoms with Gasteiger partial charge in [-0.3, -0.25) is 23.5 Å². The summed E-state index contributed by atoms with van der Waals surface area (Å²) in [6, 6.07) is 2.84. The van der Waals surface area contributed by atoms with Gasteiger partial charge in [-0.25, -0.2) is 17.6 Å². The number of aromatic nitrogens is 8. The lowest BCUT2D eigenvalue weighted by Gasteiger charge is -2.08. The highest BCUT2D eigenvalue weighted by Gasteiger charge is 2.21. The Labute approximate surface area is 251 Å². The van der Waals surface area contributed by atoms with Crippen molar-refractivity contribution in [2.24, 2.45) is 28.2 Å². The third kappa shape index (κ3) is 10.1. The van der Waals surface area contributed by atoms with Crippen LogP contribution in [0.25, 0.3) is 0 Å². The number of nitrogens with zero attached hydrogens (tertiary/aromatic N) is 8. The molecular formula is C22H25Br2F4IN8O2. The van der Waals surface area contributed by atoms with Gasteiger partial charge in [-0.2, -0.15) is 20.4 Å². The second kappa shape index (κ2) is 15.0. The topological polar surface area (TPSA) is 109 Å². The fourth-order valence-electron chi connectivity index (χ4n) is 3.22. The van der Waals surface area contributed by atoms with Gasteiger partial charge in [0.1, 0.15) is 21.0 Å². The standard InChI is InChI=1S/C11H13BrF2N4O.C7H8F2N2O.C4H4BrIN2/c1-17-5-7(11(12)16-17)10(19)8-3-6(4-9(13)14)15-18(8)2;1-11-6(4-12)2-5(10-11)3-7(8)9;1-8-2-3(6)4(5)7-8/h3,5,9-10,19H,4H2,1-2H3;2,4,7H,3H2,1H3;2H,1H3. The third-order valence-corrected chi connectivity index (χ3v) is 7.64. The van der Waals surface area contributed by atoms with Crippen molar-refractivity contribution in [2.75, 3.05) is 0 Å². The number of aliphatic hydroxyl groups excluding tert-OH is 1. The molecule has 4 aromatic heterocycles. The van der Waals surface area contributed by atoms with E-state index in [0.717, 1.165) is 8.17 Å². The van der Waals surface area contributed by atoms with Crippen LogP contribution in [-0.4, -0.2) is 63.4 Å². The second-order valence-corrected chi connectivity index (χ2v) is 10.7. The monoisotopic (exact) mass is 794 g/mol. The largest absolute Gasteiger partial charge is 0.382 e. The normalized spacial score (nSPS) is 11.7. The number of hydrogen-bond donors (Lipinski definition) is 1. The zero-order chi connectivity index (χ0) is 29.4. The number of rotatable bonds is 7. The molecular weight excluding hydrogens is 771 g/mol. The fourth-order valence-corrected chi connectivity index (χ4v) is 4.66. The van der Waals surface area contributed by atoms with Crippen LogP contribution in [-0.2, 0) is 41.0 Å². The molecule has 0 spiro atoms. The van der Waals surface area contributed by atoms with Gasteiger partial charge in [0, 0.05) is 46.1 Å². The molecule has 0 aliphatic rings. The Balaban J connectivity index is 0.000000227. The summed E-state index contributed by atoms with van der Waals surface area (Å²) in [5.74, 6) is 0. The van der Waals surface area contributed by atoms with Gasteiger partial charge in [-0.1, -0.05) is 0 Å². The molecule has 17 heteroatoms. The van der Waals surface area contributed by atoms with Crippen LogP contribution in [0.15, 0.2) is 33.7 Å². The van der Waals surface area contributed by atoms with Crippen molar-refractivity contribution in [2.45, 2.75) is 31.8 Å². The van der Waals surface area contributed by atoms with Crippen LogP contribution >= 0.6 is 54.5 Å². The Morgan fingerprint density at radius 3 is 1.77 bits per heavy atom. The molecule has 10 nitrogen and oxygen atoms in total. The molecule has 0 amide bonds. The predicted octanol–water partition coefficient (Wildman–Crippen LogP) is 4.63. The van der Waals surface area contributed by atoms with Crippen LogP contribution in [0.1, 0.15) is 39.2 Å². The SMILES string of the molecule is Cn1cc(C(O)c2cc(CC(F)F)nn2C)c(Br)n1.Cn1cc(I)c(Br)n1.Cn1nc(CC(F)F)cc1C=O. The van der Waals surface area contributed by atoms with Crippen LogP contribution in [0, 0.1) is 3.57 Å². The van der Waals surface area contributed by atoms with Gasteiger partial charge in [0.25, 0.3) is 0 Å². The van der Waals surface area contributed by atoms with Gasteiger partial charge < -0.3 is 5.11 Å². The van der Waals surface area contributed by atoms with Gasteiger partial charge in [0.05, 0.1) is 33.5 Å². The summed E-state index contributed by atoms with van der Waals surface area (Å²) >= 11 is 8.74. The number of aldehydes is 1. The summed E-state index contributed by atoms with van der Waals surface area (Å²) in [6.45, 7) is 0. The predicted molar refractivity (Wildman–Crippen MR) is 150 cm³/mol. The van der Waals surface area contributed by atoms with Crippen LogP contribution in [0.4, 0.5) is 17.6 Å². The molecule has 0 bridgehead atoms. The van der Waals surface area contributed by atoms with Crippen LogP contribution in [0.2, 0.25) is 0 Å². The van der Waals surface area contributed by atoms with E-state index in [9.17, 15) is 27.5 Å². The van der Waals surface area contributed by atoms with Crippen molar-refractivity contribution in [3.8, 4) is 0 Å². The highest BCUT2D eigenvalue weighted by atomic mass is 127. The summed E-state index contributed by atoms with van der Waals surface area (Å²) in [4.78, 5) is 10.3. The maximum absolute atomic E-state index is 12.3. The van der Waals surface area contributed by atoms with Crippen LogP contribution in [0.5, 0.6) is 0 Å². The lowest BCUT2D eigenvalue weighted by Crippen LogP contribution is -2.06. The third-order valence-electron chi connectivity index (χ3n) is 4.91. The van der Waals surface area contributed by atoms with Crippen molar-refractivity contribution in [1.82, 2.24) is 39.1 Å². The van der Waals surface area contributed by atoms with E-state index in [-0.39, 0.29) is 11.4 Å². The zero-order valence-electron chi connectivity index (χ0n) is 21.1. The minimum Gasteiger partial charge on any atom is -0.382 e. The maximum Gasteiger partial charge on any atom is 0.244 e. The molecule has 4 heterocycles. The van der Waals surface area contributed by atoms with E-state index in [1.165, 1.54) is 21.5 Å². The quantitative estimate of drug-likeness (QED) is 0.166. The summed E-state index contributed by atoms with van der Waals surface area (Å²) in [6.07, 6.45) is -2.46. The van der Waals surface area contributed by atoms with Crippen molar-refractivity contribution in [3.05, 3.63) is 65.6 Å². The summed E-state index contributed by atoms with van der Waals surface area (Å²) in [5.41, 5.74) is 1.82. The second-order valence-electron chi connectivity index (χ2n) is 8.07. The Morgan fingerprint density at radius 2 is 1.38 bits per heavy atom. The molecule has 0 fully saturated rings. The van der Waals surface area contributed by atoms with Crippen LogP contribution < -0.4 is 0 Å². The van der Waals surface area contributed by atoms with Crippen molar-refractivity contribution < 1.29 is 27.5 Å². The minimum atomic E-state index is -2.45. The first-order valence-corrected chi connectivity index (χ1v) is 13.7. The number of aliphatic hydroxyl groups is 1. The molecule has 1 N–H and O–H groups in total. The first-order chi connectivity index (χ1) is 18.2. The van der Waals surface area contributed by atoms with Crippen LogP contribution in [0.3, 0.4) is 0 Å². The molecule has 0 aliphatic carbocycles. The number of carbonyl (C=O) groups is 1. The van der Waals surface area contributed by atoms with Gasteiger partial charge in [-0.05, 0) is 66.6 Å². The first-order valence-electron chi connectivity index (χ1n) is 11.0. The van der Waals surface area contributed by atoms with Gasteiger partial charge in [0.2, 0.25) is 12.9 Å². The number of halogens is 7. The average Bonchev–Trinajstić information content (AvgIpc) is 3.54. The highest BCUT2D eigenvalue weighted by Crippen LogP contribution is 2.28. The average molecular weight is 796 g/mol. The zero-order valence-corrected chi connectivity index (χ0v) is 26.4. The fraction of sp³-hybridized carbons (Fsp3) is 0.409. The molecule has 4 rings (SSSR count). The Bertz CT molecular complexity index is 1350. The summed E-state index contributed by atoms with van der Waals surface area (Å²) < 4.78 is 56.9. The number of hydrogen-bond acceptors (Lipinski definition) is 6. The molecule has 4 aromatic rings. The Kier molecular flexibility index (Phi) is 12.8. The lowest BCUT2D eigenvalue weighted by molar-refractivity contribution is 0.111. The maximum atomic E-state index is 12.3. The first kappa shape index (κ1) is 33.1. The van der Waals surface area contributed by atoms with E-state index in [2.05, 4.69) is 74.8 Å². The Morgan fingerprint density at radius 1 is 0.872 bits per heavy atom. The number of aryl methyl sites for hydroxylation is 4. The molecule has 0 saturated carbocycles. The molecule has 0 aromatic carbocycles.